The zero-order chi connectivity index (χ0) is 46.8. The minimum atomic E-state index is -0.327. The summed E-state index contributed by atoms with van der Waals surface area (Å²) in [4.78, 5) is 46.2. The normalized spacial score (nSPS) is 14.5. The van der Waals surface area contributed by atoms with E-state index in [4.69, 9.17) is 5.73 Å². The van der Waals surface area contributed by atoms with E-state index in [9.17, 15) is 14.4 Å². The van der Waals surface area contributed by atoms with Gasteiger partial charge in [-0.25, -0.2) is 34.4 Å². The number of urea groups is 3. The van der Waals surface area contributed by atoms with Crippen LogP contribution >= 0.6 is 0 Å². The highest BCUT2D eigenvalue weighted by atomic mass is 16.2. The summed E-state index contributed by atoms with van der Waals surface area (Å²) in [6.07, 6.45) is 11.9. The zero-order valence-electron chi connectivity index (χ0n) is 36.6. The molecule has 6 heterocycles. The van der Waals surface area contributed by atoms with Crippen molar-refractivity contribution in [3.63, 3.8) is 0 Å². The van der Waals surface area contributed by atoms with E-state index in [1.165, 1.54) is 10.0 Å². The third-order valence-corrected chi connectivity index (χ3v) is 10.9. The standard InChI is InChI=1S/C27H23N7O2.C25H20N6O/c1-28-26(35)32-23-11-6-16-33-22(18-29-25(23)33)13-12-19-7-5-10-21(17-19)31-27(36)34-24(14-15-30-34)20-8-3-2-4-9-20;26-22-10-5-15-30-21(17-27-24(22)30)12-11-18-6-4-9-20(16-18)29-25(32)31-23(13-14-28-31)19-7-2-1-3-8-19/h2-11,15-18,24H,14H2,1H3,(H,31,36)(H2,28,32,35);1-10,14-17,23H,13,26H2,(H,29,32). The molecule has 0 aliphatic carbocycles. The molecule has 4 aromatic carbocycles. The van der Waals surface area contributed by atoms with Gasteiger partial charge >= 0.3 is 18.1 Å². The Labute approximate surface area is 391 Å². The lowest BCUT2D eigenvalue weighted by atomic mass is 10.1. The predicted molar refractivity (Wildman–Crippen MR) is 264 cm³/mol. The molecule has 334 valence electrons. The average molecular weight is 898 g/mol. The number of nitrogen functional groups attached to an aromatic ring is 1. The molecular formula is C52H43N13O3. The molecule has 10 rings (SSSR count). The monoisotopic (exact) mass is 897 g/mol. The molecule has 6 N–H and O–H groups in total. The molecule has 2 unspecified atom stereocenters. The summed E-state index contributed by atoms with van der Waals surface area (Å²) in [7, 11) is 1.55. The van der Waals surface area contributed by atoms with Gasteiger partial charge in [0.15, 0.2) is 11.3 Å². The minimum Gasteiger partial charge on any atom is -0.396 e. The van der Waals surface area contributed by atoms with E-state index in [0.29, 0.717) is 52.6 Å². The smallest absolute Gasteiger partial charge is 0.342 e. The van der Waals surface area contributed by atoms with Crippen molar-refractivity contribution in [1.82, 2.24) is 34.1 Å². The van der Waals surface area contributed by atoms with Crippen molar-refractivity contribution in [2.24, 2.45) is 10.2 Å². The maximum absolute atomic E-state index is 12.9. The molecule has 0 radical (unpaired) electrons. The maximum Gasteiger partial charge on any atom is 0.342 e. The molecule has 0 saturated carbocycles. The summed E-state index contributed by atoms with van der Waals surface area (Å²) in [5, 5.41) is 22.6. The fraction of sp³-hybridized carbons (Fsp3) is 0.0962. The number of pyridine rings is 2. The summed E-state index contributed by atoms with van der Waals surface area (Å²) in [5.74, 6) is 12.5. The van der Waals surface area contributed by atoms with Crippen LogP contribution in [-0.2, 0) is 0 Å². The molecule has 2 atom stereocenters. The highest BCUT2D eigenvalue weighted by Crippen LogP contribution is 2.30. The van der Waals surface area contributed by atoms with Gasteiger partial charge in [-0.15, -0.1) is 0 Å². The van der Waals surface area contributed by atoms with Crippen LogP contribution in [0.2, 0.25) is 0 Å². The number of rotatable bonds is 5. The largest absolute Gasteiger partial charge is 0.396 e. The predicted octanol–water partition coefficient (Wildman–Crippen LogP) is 8.73. The van der Waals surface area contributed by atoms with Gasteiger partial charge in [0.25, 0.3) is 0 Å². The van der Waals surface area contributed by atoms with Gasteiger partial charge in [-0.05, 0) is 83.6 Å². The number of carbonyl (C=O) groups excluding carboxylic acids is 3. The van der Waals surface area contributed by atoms with E-state index < -0.39 is 0 Å². The van der Waals surface area contributed by atoms with Gasteiger partial charge in [-0.3, -0.25) is 8.80 Å². The van der Waals surface area contributed by atoms with E-state index in [-0.39, 0.29) is 30.2 Å². The van der Waals surface area contributed by atoms with Crippen LogP contribution in [0.4, 0.5) is 37.1 Å². The van der Waals surface area contributed by atoms with Crippen molar-refractivity contribution in [3.05, 3.63) is 192 Å². The summed E-state index contributed by atoms with van der Waals surface area (Å²) in [6, 6.07) is 40.5. The van der Waals surface area contributed by atoms with E-state index in [1.54, 1.807) is 48.4 Å². The highest BCUT2D eigenvalue weighted by molar-refractivity contribution is 5.93. The summed E-state index contributed by atoms with van der Waals surface area (Å²) >= 11 is 0. The number of imidazole rings is 2. The van der Waals surface area contributed by atoms with Crippen molar-refractivity contribution in [3.8, 4) is 23.7 Å². The molecule has 16 heteroatoms. The van der Waals surface area contributed by atoms with E-state index in [0.717, 1.165) is 27.9 Å². The molecule has 2 aliphatic heterocycles. The molecular weight excluding hydrogens is 855 g/mol. The highest BCUT2D eigenvalue weighted by Gasteiger charge is 2.29. The molecule has 2 aliphatic rings. The second kappa shape index (κ2) is 20.0. The lowest BCUT2D eigenvalue weighted by Crippen LogP contribution is -2.31. The first-order valence-electron chi connectivity index (χ1n) is 21.6. The number of hydrazone groups is 2. The van der Waals surface area contributed by atoms with Crippen LogP contribution in [0.15, 0.2) is 168 Å². The third kappa shape index (κ3) is 9.85. The first kappa shape index (κ1) is 43.6. The zero-order valence-corrected chi connectivity index (χ0v) is 36.6. The molecule has 0 fully saturated rings. The van der Waals surface area contributed by atoms with Gasteiger partial charge in [-0.2, -0.15) is 10.2 Å². The van der Waals surface area contributed by atoms with Crippen molar-refractivity contribution in [2.45, 2.75) is 24.9 Å². The lowest BCUT2D eigenvalue weighted by molar-refractivity contribution is 0.199. The molecule has 0 spiro atoms. The number of nitrogens with zero attached hydrogens (tertiary/aromatic N) is 8. The molecule has 68 heavy (non-hydrogen) atoms. The summed E-state index contributed by atoms with van der Waals surface area (Å²) in [6.45, 7) is 0. The van der Waals surface area contributed by atoms with Gasteiger partial charge < -0.3 is 27.0 Å². The Morgan fingerprint density at radius 1 is 0.574 bits per heavy atom. The fourth-order valence-electron chi connectivity index (χ4n) is 7.62. The third-order valence-electron chi connectivity index (χ3n) is 10.9. The lowest BCUT2D eigenvalue weighted by Gasteiger charge is -2.22. The van der Waals surface area contributed by atoms with Gasteiger partial charge in [0.2, 0.25) is 0 Å². The number of hydrogen-bond donors (Lipinski definition) is 5. The van der Waals surface area contributed by atoms with Crippen molar-refractivity contribution in [2.75, 3.05) is 28.7 Å². The Hall–Kier alpha value is -9.67. The topological polar surface area (TPSA) is 191 Å². The van der Waals surface area contributed by atoms with Gasteiger partial charge in [0.05, 0.1) is 35.9 Å². The second-order valence-electron chi connectivity index (χ2n) is 15.4. The molecule has 4 aromatic heterocycles. The number of anilines is 4. The molecule has 0 bridgehead atoms. The van der Waals surface area contributed by atoms with Crippen LogP contribution in [0.3, 0.4) is 0 Å². The van der Waals surface area contributed by atoms with E-state index in [1.807, 2.05) is 138 Å². The Morgan fingerprint density at radius 2 is 1.07 bits per heavy atom. The Morgan fingerprint density at radius 3 is 1.60 bits per heavy atom. The Bertz CT molecular complexity index is 3340. The van der Waals surface area contributed by atoms with Crippen LogP contribution in [0, 0.1) is 23.7 Å². The minimum absolute atomic E-state index is 0.109. The van der Waals surface area contributed by atoms with Crippen LogP contribution in [0.5, 0.6) is 0 Å². The average Bonchev–Trinajstić information content (AvgIpc) is 4.21. The maximum atomic E-state index is 12.9. The van der Waals surface area contributed by atoms with Crippen LogP contribution in [-0.4, -0.2) is 66.4 Å². The number of carbonyl (C=O) groups is 3. The van der Waals surface area contributed by atoms with Crippen LogP contribution in [0.25, 0.3) is 11.3 Å². The van der Waals surface area contributed by atoms with Crippen LogP contribution < -0.4 is 27.0 Å². The summed E-state index contributed by atoms with van der Waals surface area (Å²) in [5.41, 5.74) is 14.7. The number of benzene rings is 4. The number of amides is 6. The molecule has 0 saturated heterocycles. The molecule has 6 amide bonds. The van der Waals surface area contributed by atoms with E-state index in [2.05, 4.69) is 65.1 Å². The van der Waals surface area contributed by atoms with Crippen molar-refractivity contribution < 1.29 is 14.4 Å². The molecule has 16 nitrogen and oxygen atoms in total. The fourth-order valence-corrected chi connectivity index (χ4v) is 7.62. The first-order valence-corrected chi connectivity index (χ1v) is 21.6. The van der Waals surface area contributed by atoms with Crippen LogP contribution in [0.1, 0.15) is 58.6 Å². The number of hydrogen-bond acceptors (Lipinski definition) is 8. The van der Waals surface area contributed by atoms with Gasteiger partial charge in [0, 0.05) is 67.2 Å². The first-order chi connectivity index (χ1) is 33.3. The number of aromatic nitrogens is 4. The Kier molecular flexibility index (Phi) is 12.8. The second-order valence-corrected chi connectivity index (χ2v) is 15.4. The van der Waals surface area contributed by atoms with E-state index >= 15 is 0 Å². The molecule has 8 aromatic rings. The number of fused-ring (bicyclic) bond motifs is 2. The quantitative estimate of drug-likeness (QED) is 0.107. The Balaban J connectivity index is 0.000000171. The van der Waals surface area contributed by atoms with Gasteiger partial charge in [-0.1, -0.05) is 84.6 Å². The van der Waals surface area contributed by atoms with Crippen molar-refractivity contribution in [1.29, 1.82) is 0 Å². The number of nitrogens with two attached hydrogens (primary N) is 1. The SMILES string of the molecule is CNC(=O)Nc1cccn2c(C#Cc3cccc(NC(=O)N4N=CCC4c4ccccc4)c3)cnc12.Nc1cccn2c(C#Cc3cccc(NC(=O)N4N=CCC4c4ccccc4)c3)cnc12. The number of nitrogens with one attached hydrogen (secondary N) is 4. The summed E-state index contributed by atoms with van der Waals surface area (Å²) < 4.78 is 3.65. The van der Waals surface area contributed by atoms with Gasteiger partial charge in [0.1, 0.15) is 11.4 Å². The van der Waals surface area contributed by atoms with Crippen molar-refractivity contribution >= 4 is 64.6 Å².